The molecule has 70 valence electrons. The molecule has 0 fully saturated rings. The average molecular weight is 238 g/mol. The van der Waals surface area contributed by atoms with Gasteiger partial charge in [0, 0.05) is 0 Å². The molecule has 0 radical (unpaired) electrons. The van der Waals surface area contributed by atoms with Crippen molar-refractivity contribution >= 4 is 41.1 Å². The Bertz CT molecular complexity index is 284. The van der Waals surface area contributed by atoms with E-state index in [-0.39, 0.29) is 0 Å². The van der Waals surface area contributed by atoms with E-state index < -0.39 is 9.71 Å². The molecule has 0 aliphatic carbocycles. The average Bonchev–Trinajstić information content (AvgIpc) is 2.18. The van der Waals surface area contributed by atoms with Gasteiger partial charge < -0.3 is 4.79 Å². The molecule has 0 bridgehead atoms. The molecule has 0 saturated heterocycles. The first kappa shape index (κ1) is 10.8. The molecule has 1 rings (SSSR count). The highest BCUT2D eigenvalue weighted by molar-refractivity contribution is 6.53. The predicted octanol–water partition coefficient (Wildman–Crippen LogP) is 3.12. The fourth-order valence-corrected chi connectivity index (χ4v) is 1.39. The van der Waals surface area contributed by atoms with Gasteiger partial charge in [0.25, 0.3) is 0 Å². The monoisotopic (exact) mass is 236 g/mol. The summed E-state index contributed by atoms with van der Waals surface area (Å²) in [5.41, 5.74) is 0.616. The maximum Gasteiger partial charge on any atom is 0.166 e. The molecule has 1 nitrogen and oxygen atoms in total. The molecule has 0 heterocycles. The van der Waals surface area contributed by atoms with Crippen LogP contribution in [-0.2, 0) is 9.13 Å². The summed E-state index contributed by atoms with van der Waals surface area (Å²) in [6.07, 6.45) is 0.522. The van der Waals surface area contributed by atoms with Crippen molar-refractivity contribution in [1.82, 2.24) is 0 Å². The van der Waals surface area contributed by atoms with Gasteiger partial charge in [-0.3, -0.25) is 0 Å². The molecule has 1 aromatic rings. The maximum absolute atomic E-state index is 10.4. The molecule has 1 atom stereocenters. The quantitative estimate of drug-likeness (QED) is 0.583. The van der Waals surface area contributed by atoms with Crippen molar-refractivity contribution in [3.05, 3.63) is 35.9 Å². The molecular weight excluding hydrogens is 230 g/mol. The summed E-state index contributed by atoms with van der Waals surface area (Å²) < 4.78 is -1.36. The van der Waals surface area contributed by atoms with Crippen molar-refractivity contribution in [3.8, 4) is 0 Å². The second-order valence-corrected chi connectivity index (χ2v) is 4.38. The minimum Gasteiger partial charge on any atom is -0.302 e. The summed E-state index contributed by atoms with van der Waals surface area (Å²) in [6.45, 7) is 0. The molecule has 0 saturated carbocycles. The van der Waals surface area contributed by atoms with Crippen LogP contribution in [0, 0.1) is 0 Å². The van der Waals surface area contributed by atoms with E-state index in [0.29, 0.717) is 11.8 Å². The summed E-state index contributed by atoms with van der Waals surface area (Å²) >= 11 is 17.5. The lowest BCUT2D eigenvalue weighted by atomic mass is 10.1. The second-order valence-electron chi connectivity index (χ2n) is 2.53. The van der Waals surface area contributed by atoms with Gasteiger partial charge in [-0.1, -0.05) is 53.5 Å². The van der Waals surface area contributed by atoms with Crippen LogP contribution in [0.4, 0.5) is 0 Å². The topological polar surface area (TPSA) is 17.1 Å². The molecule has 0 spiro atoms. The summed E-state index contributed by atoms with van der Waals surface area (Å²) in [6, 6.07) is 8.84. The van der Waals surface area contributed by atoms with Crippen molar-refractivity contribution in [2.75, 3.05) is 0 Å². The Labute approximate surface area is 91.6 Å². The van der Waals surface area contributed by atoms with Crippen molar-refractivity contribution in [2.45, 2.75) is 9.71 Å². The van der Waals surface area contributed by atoms with Crippen LogP contribution in [0.25, 0.3) is 0 Å². The van der Waals surface area contributed by atoms with Gasteiger partial charge in [0.2, 0.25) is 0 Å². The van der Waals surface area contributed by atoms with E-state index in [0.717, 1.165) is 0 Å². The van der Waals surface area contributed by atoms with Gasteiger partial charge in [0.1, 0.15) is 11.7 Å². The minimum atomic E-state index is -1.36. The number of hydrogen-bond acceptors (Lipinski definition) is 1. The Morgan fingerprint density at radius 1 is 1.23 bits per heavy atom. The Kier molecular flexibility index (Phi) is 3.60. The van der Waals surface area contributed by atoms with Gasteiger partial charge in [-0.25, -0.2) is 0 Å². The van der Waals surface area contributed by atoms with Crippen molar-refractivity contribution < 1.29 is 4.79 Å². The normalized spacial score (nSPS) is 13.8. The minimum absolute atomic E-state index is 0.522. The number of benzene rings is 1. The van der Waals surface area contributed by atoms with Crippen LogP contribution in [0.1, 0.15) is 5.56 Å². The third kappa shape index (κ3) is 2.37. The molecule has 0 amide bonds. The summed E-state index contributed by atoms with van der Waals surface area (Å²) in [4.78, 5) is 10.4. The zero-order valence-electron chi connectivity index (χ0n) is 6.58. The SMILES string of the molecule is O=CC(Cl)C(Cl)(Cl)c1ccccc1. The highest BCUT2D eigenvalue weighted by atomic mass is 35.5. The number of aldehydes is 1. The Morgan fingerprint density at radius 3 is 2.23 bits per heavy atom. The van der Waals surface area contributed by atoms with Gasteiger partial charge in [-0.15, -0.1) is 11.6 Å². The van der Waals surface area contributed by atoms with Crippen LogP contribution < -0.4 is 0 Å². The van der Waals surface area contributed by atoms with Gasteiger partial charge >= 0.3 is 0 Å². The number of carbonyl (C=O) groups excluding carboxylic acids is 1. The third-order valence-corrected chi connectivity index (χ3v) is 3.18. The van der Waals surface area contributed by atoms with Gasteiger partial charge in [0.05, 0.1) is 0 Å². The highest BCUT2D eigenvalue weighted by Crippen LogP contribution is 2.39. The number of carbonyl (C=O) groups is 1. The largest absolute Gasteiger partial charge is 0.302 e. The number of alkyl halides is 3. The zero-order chi connectivity index (χ0) is 9.90. The van der Waals surface area contributed by atoms with Crippen LogP contribution in [0.3, 0.4) is 0 Å². The fourth-order valence-electron chi connectivity index (χ4n) is 0.905. The van der Waals surface area contributed by atoms with Crippen LogP contribution in [0.5, 0.6) is 0 Å². The van der Waals surface area contributed by atoms with Crippen LogP contribution in [0.15, 0.2) is 30.3 Å². The molecule has 0 aromatic heterocycles. The van der Waals surface area contributed by atoms with Crippen LogP contribution in [0.2, 0.25) is 0 Å². The van der Waals surface area contributed by atoms with E-state index in [1.807, 2.05) is 6.07 Å². The lowest BCUT2D eigenvalue weighted by Gasteiger charge is -2.21. The summed E-state index contributed by atoms with van der Waals surface area (Å²) in [5.74, 6) is 0. The summed E-state index contributed by atoms with van der Waals surface area (Å²) in [7, 11) is 0. The molecule has 1 aromatic carbocycles. The molecular formula is C9H7Cl3O. The predicted molar refractivity (Wildman–Crippen MR) is 55.5 cm³/mol. The second kappa shape index (κ2) is 4.32. The molecule has 13 heavy (non-hydrogen) atoms. The summed E-state index contributed by atoms with van der Waals surface area (Å²) in [5, 5.41) is -0.946. The first-order valence-electron chi connectivity index (χ1n) is 3.61. The molecule has 4 heteroatoms. The molecule has 1 unspecified atom stereocenters. The highest BCUT2D eigenvalue weighted by Gasteiger charge is 2.35. The zero-order valence-corrected chi connectivity index (χ0v) is 8.85. The van der Waals surface area contributed by atoms with E-state index in [2.05, 4.69) is 0 Å². The van der Waals surface area contributed by atoms with Gasteiger partial charge in [-0.05, 0) is 5.56 Å². The number of rotatable bonds is 3. The van der Waals surface area contributed by atoms with Crippen molar-refractivity contribution in [1.29, 1.82) is 0 Å². The first-order valence-corrected chi connectivity index (χ1v) is 4.81. The van der Waals surface area contributed by atoms with E-state index in [4.69, 9.17) is 34.8 Å². The Balaban J connectivity index is 3.00. The Hall–Kier alpha value is -0.240. The molecule has 0 N–H and O–H groups in total. The number of halogens is 3. The Morgan fingerprint density at radius 2 is 1.77 bits per heavy atom. The standard InChI is InChI=1S/C9H7Cl3O/c10-8(6-13)9(11,12)7-4-2-1-3-5-7/h1-6,8H. The van der Waals surface area contributed by atoms with E-state index >= 15 is 0 Å². The van der Waals surface area contributed by atoms with Crippen LogP contribution in [-0.4, -0.2) is 11.7 Å². The molecule has 0 aliphatic rings. The molecule has 0 aliphatic heterocycles. The van der Waals surface area contributed by atoms with Gasteiger partial charge in [0.15, 0.2) is 4.33 Å². The van der Waals surface area contributed by atoms with Gasteiger partial charge in [-0.2, -0.15) is 0 Å². The first-order chi connectivity index (χ1) is 6.09. The van der Waals surface area contributed by atoms with E-state index in [1.165, 1.54) is 0 Å². The lowest BCUT2D eigenvalue weighted by Crippen LogP contribution is -2.25. The number of hydrogen-bond donors (Lipinski definition) is 0. The lowest BCUT2D eigenvalue weighted by molar-refractivity contribution is -0.107. The van der Waals surface area contributed by atoms with Crippen molar-refractivity contribution in [3.63, 3.8) is 0 Å². The fraction of sp³-hybridized carbons (Fsp3) is 0.222. The van der Waals surface area contributed by atoms with E-state index in [9.17, 15) is 4.79 Å². The maximum atomic E-state index is 10.4. The van der Waals surface area contributed by atoms with E-state index in [1.54, 1.807) is 24.3 Å². The smallest absolute Gasteiger partial charge is 0.166 e. The van der Waals surface area contributed by atoms with Crippen LogP contribution >= 0.6 is 34.8 Å². The third-order valence-electron chi connectivity index (χ3n) is 1.62. The van der Waals surface area contributed by atoms with Crippen molar-refractivity contribution in [2.24, 2.45) is 0 Å².